The molecule has 0 saturated carbocycles. The fourth-order valence-corrected chi connectivity index (χ4v) is 9.05. The second kappa shape index (κ2) is 9.41. The predicted molar refractivity (Wildman–Crippen MR) is 131 cm³/mol. The first-order valence-electron chi connectivity index (χ1n) is 11.3. The maximum atomic E-state index is 12.8. The Morgan fingerprint density at radius 2 is 1.45 bits per heavy atom. The van der Waals surface area contributed by atoms with Gasteiger partial charge in [0, 0.05) is 0 Å². The molecule has 1 saturated heterocycles. The molecule has 7 heteroatoms. The van der Waals surface area contributed by atoms with Gasteiger partial charge in [0.15, 0.2) is 0 Å². The number of likely N-dealkylation sites (tertiary alicyclic amines) is 1. The van der Waals surface area contributed by atoms with Crippen LogP contribution in [0.4, 0.5) is 4.79 Å². The van der Waals surface area contributed by atoms with Gasteiger partial charge < -0.3 is 14.3 Å². The van der Waals surface area contributed by atoms with Crippen molar-refractivity contribution in [1.29, 1.82) is 0 Å². The number of imide groups is 1. The van der Waals surface area contributed by atoms with Gasteiger partial charge in [0.2, 0.25) is 5.91 Å². The Balaban J connectivity index is 2.02. The Morgan fingerprint density at radius 3 is 1.88 bits per heavy atom. The van der Waals surface area contributed by atoms with Crippen LogP contribution in [0.3, 0.4) is 0 Å². The number of hydrogen-bond acceptors (Lipinski definition) is 5. The number of benzene rings is 2. The van der Waals surface area contributed by atoms with E-state index in [4.69, 9.17) is 9.16 Å². The molecule has 0 bridgehead atoms. The van der Waals surface area contributed by atoms with E-state index in [0.717, 1.165) is 15.3 Å². The minimum atomic E-state index is -2.88. The van der Waals surface area contributed by atoms with Gasteiger partial charge in [-0.2, -0.15) is 0 Å². The average molecular weight is 470 g/mol. The average Bonchev–Trinajstić information content (AvgIpc) is 3.01. The van der Waals surface area contributed by atoms with Gasteiger partial charge in [0.25, 0.3) is 8.32 Å². The van der Waals surface area contributed by atoms with Crippen LogP contribution in [0, 0.1) is 0 Å². The maximum absolute atomic E-state index is 12.8. The van der Waals surface area contributed by atoms with Crippen LogP contribution in [-0.2, 0) is 14.0 Å². The summed E-state index contributed by atoms with van der Waals surface area (Å²) in [5, 5.41) is 12.6. The van der Waals surface area contributed by atoms with Crippen LogP contribution in [0.25, 0.3) is 0 Å². The molecule has 1 fully saturated rings. The normalized spacial score (nSPS) is 19.6. The van der Waals surface area contributed by atoms with Crippen molar-refractivity contribution in [3.05, 3.63) is 60.7 Å². The molecule has 0 aromatic heterocycles. The van der Waals surface area contributed by atoms with Gasteiger partial charge in [-0.25, -0.2) is 9.69 Å². The number of hydrogen-bond donors (Lipinski definition) is 1. The molecule has 0 aliphatic carbocycles. The molecular formula is C26H35NO5Si. The van der Waals surface area contributed by atoms with E-state index in [-0.39, 0.29) is 18.1 Å². The second-order valence-corrected chi connectivity index (χ2v) is 14.9. The van der Waals surface area contributed by atoms with E-state index in [0.29, 0.717) is 0 Å². The fraction of sp³-hybridized carbons (Fsp3) is 0.462. The SMILES string of the molecule is CC(C)(C)OC(=O)N1C(=O)CC(O)C1CO[Si](c1ccccc1)(c1ccccc1)C(C)(C)C. The number of amides is 2. The standard InChI is InChI=1S/C26H35NO5Si/c1-25(2,3)32-24(30)27-21(22(28)17-23(27)29)18-31-33(26(4,5)6,19-13-9-7-10-14-19)20-15-11-8-12-16-20/h7-16,21-22,28H,17-18H2,1-6H3. The lowest BCUT2D eigenvalue weighted by molar-refractivity contribution is -0.128. The Hall–Kier alpha value is -2.48. The second-order valence-electron chi connectivity index (χ2n) is 10.6. The van der Waals surface area contributed by atoms with E-state index < -0.39 is 38.1 Å². The molecular weight excluding hydrogens is 434 g/mol. The van der Waals surface area contributed by atoms with E-state index in [1.165, 1.54) is 0 Å². The number of nitrogens with zero attached hydrogens (tertiary/aromatic N) is 1. The van der Waals surface area contributed by atoms with Crippen LogP contribution < -0.4 is 10.4 Å². The fourth-order valence-electron chi connectivity index (χ4n) is 4.48. The van der Waals surface area contributed by atoms with Gasteiger partial charge in [-0.05, 0) is 36.2 Å². The summed E-state index contributed by atoms with van der Waals surface area (Å²) in [5.74, 6) is -0.451. The molecule has 1 heterocycles. The highest BCUT2D eigenvalue weighted by Gasteiger charge is 2.52. The zero-order valence-electron chi connectivity index (χ0n) is 20.4. The number of aliphatic hydroxyl groups is 1. The Kier molecular flexibility index (Phi) is 7.17. The first-order chi connectivity index (χ1) is 15.4. The quantitative estimate of drug-likeness (QED) is 0.679. The summed E-state index contributed by atoms with van der Waals surface area (Å²) in [6.45, 7) is 11.7. The van der Waals surface area contributed by atoms with Crippen molar-refractivity contribution < 1.29 is 23.9 Å². The highest BCUT2D eigenvalue weighted by Crippen LogP contribution is 2.37. The van der Waals surface area contributed by atoms with Crippen molar-refractivity contribution in [3.63, 3.8) is 0 Å². The molecule has 2 aromatic rings. The molecule has 1 aliphatic heterocycles. The summed E-state index contributed by atoms with van der Waals surface area (Å²) >= 11 is 0. The Morgan fingerprint density at radius 1 is 0.970 bits per heavy atom. The third-order valence-corrected chi connectivity index (χ3v) is 10.9. The molecule has 2 atom stereocenters. The first kappa shape index (κ1) is 25.1. The van der Waals surface area contributed by atoms with Crippen LogP contribution in [0.2, 0.25) is 5.04 Å². The Labute approximate surface area is 197 Å². The summed E-state index contributed by atoms with van der Waals surface area (Å²) in [4.78, 5) is 26.5. The number of carbonyl (C=O) groups excluding carboxylic acids is 2. The highest BCUT2D eigenvalue weighted by atomic mass is 28.4. The summed E-state index contributed by atoms with van der Waals surface area (Å²) in [5.41, 5.74) is -0.756. The molecule has 0 spiro atoms. The highest BCUT2D eigenvalue weighted by molar-refractivity contribution is 6.99. The van der Waals surface area contributed by atoms with Gasteiger partial charge in [0.05, 0.1) is 25.2 Å². The number of rotatable bonds is 5. The molecule has 33 heavy (non-hydrogen) atoms. The lowest BCUT2D eigenvalue weighted by Crippen LogP contribution is -2.67. The van der Waals surface area contributed by atoms with E-state index in [2.05, 4.69) is 45.0 Å². The molecule has 3 rings (SSSR count). The summed E-state index contributed by atoms with van der Waals surface area (Å²) < 4.78 is 12.3. The van der Waals surface area contributed by atoms with E-state index >= 15 is 0 Å². The zero-order valence-corrected chi connectivity index (χ0v) is 21.4. The molecule has 2 aromatic carbocycles. The largest absolute Gasteiger partial charge is 0.443 e. The smallest absolute Gasteiger partial charge is 0.417 e. The van der Waals surface area contributed by atoms with Crippen LogP contribution in [0.1, 0.15) is 48.0 Å². The molecule has 6 nitrogen and oxygen atoms in total. The van der Waals surface area contributed by atoms with Gasteiger partial charge in [0.1, 0.15) is 5.60 Å². The van der Waals surface area contributed by atoms with Gasteiger partial charge >= 0.3 is 6.09 Å². The molecule has 0 radical (unpaired) electrons. The van der Waals surface area contributed by atoms with Crippen molar-refractivity contribution in [1.82, 2.24) is 4.90 Å². The maximum Gasteiger partial charge on any atom is 0.417 e. The lowest BCUT2D eigenvalue weighted by atomic mass is 10.2. The van der Waals surface area contributed by atoms with Crippen molar-refractivity contribution in [2.75, 3.05) is 6.61 Å². The van der Waals surface area contributed by atoms with Crippen molar-refractivity contribution in [3.8, 4) is 0 Å². The summed E-state index contributed by atoms with van der Waals surface area (Å²) in [7, 11) is -2.88. The third kappa shape index (κ3) is 5.21. The minimum absolute atomic E-state index is 0.0272. The van der Waals surface area contributed by atoms with Gasteiger partial charge in [-0.1, -0.05) is 81.4 Å². The van der Waals surface area contributed by atoms with Crippen LogP contribution in [0.15, 0.2) is 60.7 Å². The van der Waals surface area contributed by atoms with Crippen molar-refractivity contribution in [2.24, 2.45) is 0 Å². The first-order valence-corrected chi connectivity index (χ1v) is 13.3. The summed E-state index contributed by atoms with van der Waals surface area (Å²) in [6.07, 6.45) is -1.89. The van der Waals surface area contributed by atoms with Crippen molar-refractivity contribution >= 4 is 30.7 Å². The Bertz CT molecular complexity index is 926. The molecule has 1 N–H and O–H groups in total. The van der Waals surface area contributed by atoms with Gasteiger partial charge in [-0.3, -0.25) is 4.79 Å². The predicted octanol–water partition coefficient (Wildman–Crippen LogP) is 3.46. The molecule has 1 aliphatic rings. The van der Waals surface area contributed by atoms with Crippen LogP contribution in [0.5, 0.6) is 0 Å². The third-order valence-electron chi connectivity index (χ3n) is 5.91. The van der Waals surface area contributed by atoms with E-state index in [9.17, 15) is 14.7 Å². The molecule has 2 unspecified atom stereocenters. The van der Waals surface area contributed by atoms with Gasteiger partial charge in [-0.15, -0.1) is 0 Å². The summed E-state index contributed by atoms with van der Waals surface area (Å²) in [6, 6.07) is 19.4. The number of aliphatic hydroxyl groups excluding tert-OH is 1. The van der Waals surface area contributed by atoms with Crippen LogP contribution >= 0.6 is 0 Å². The van der Waals surface area contributed by atoms with E-state index in [1.54, 1.807) is 20.8 Å². The van der Waals surface area contributed by atoms with Crippen molar-refractivity contribution in [2.45, 2.75) is 70.7 Å². The number of carbonyl (C=O) groups is 2. The lowest BCUT2D eigenvalue weighted by Gasteiger charge is -2.44. The molecule has 2 amide bonds. The monoisotopic (exact) mass is 469 g/mol. The van der Waals surface area contributed by atoms with Crippen LogP contribution in [-0.4, -0.2) is 54.7 Å². The number of ether oxygens (including phenoxy) is 1. The van der Waals surface area contributed by atoms with E-state index in [1.807, 2.05) is 36.4 Å². The minimum Gasteiger partial charge on any atom is -0.443 e. The zero-order chi connectivity index (χ0) is 24.4. The topological polar surface area (TPSA) is 76.1 Å². The molecule has 178 valence electrons.